The lowest BCUT2D eigenvalue weighted by atomic mass is 9.91. The van der Waals surface area contributed by atoms with Gasteiger partial charge in [0, 0.05) is 13.1 Å². The van der Waals surface area contributed by atoms with Crippen molar-refractivity contribution in [2.75, 3.05) is 13.1 Å². The predicted molar refractivity (Wildman–Crippen MR) is 82.2 cm³/mol. The molecule has 114 valence electrons. The number of benzene rings is 1. The molecule has 0 bridgehead atoms. The zero-order chi connectivity index (χ0) is 15.2. The Labute approximate surface area is 125 Å². The van der Waals surface area contributed by atoms with E-state index in [1.807, 2.05) is 35.2 Å². The van der Waals surface area contributed by atoms with Crippen molar-refractivity contribution in [3.05, 3.63) is 35.9 Å². The fourth-order valence-corrected chi connectivity index (χ4v) is 2.89. The van der Waals surface area contributed by atoms with Crippen LogP contribution in [0, 0.1) is 5.92 Å². The first-order valence-electron chi connectivity index (χ1n) is 7.48. The highest BCUT2D eigenvalue weighted by Crippen LogP contribution is 2.24. The van der Waals surface area contributed by atoms with Gasteiger partial charge in [0.2, 0.25) is 5.91 Å². The summed E-state index contributed by atoms with van der Waals surface area (Å²) in [5, 5.41) is 12.0. The van der Waals surface area contributed by atoms with Crippen molar-refractivity contribution < 1.29 is 10.0 Å². The first-order valence-corrected chi connectivity index (χ1v) is 7.48. The van der Waals surface area contributed by atoms with Gasteiger partial charge in [-0.2, -0.15) is 0 Å². The van der Waals surface area contributed by atoms with E-state index < -0.39 is 5.92 Å². The van der Waals surface area contributed by atoms with Crippen LogP contribution in [0.4, 0.5) is 0 Å². The second kappa shape index (κ2) is 7.11. The molecule has 21 heavy (non-hydrogen) atoms. The van der Waals surface area contributed by atoms with Crippen molar-refractivity contribution in [3.8, 4) is 0 Å². The lowest BCUT2D eigenvalue weighted by Crippen LogP contribution is -2.44. The third-order valence-electron chi connectivity index (χ3n) is 4.29. The van der Waals surface area contributed by atoms with E-state index in [0.717, 1.165) is 37.9 Å². The van der Waals surface area contributed by atoms with Crippen molar-refractivity contribution in [1.29, 1.82) is 0 Å². The van der Waals surface area contributed by atoms with Crippen LogP contribution in [0.25, 0.3) is 0 Å². The third-order valence-corrected chi connectivity index (χ3v) is 4.29. The predicted octanol–water partition coefficient (Wildman–Crippen LogP) is 2.17. The Kier molecular flexibility index (Phi) is 5.20. The second-order valence-electron chi connectivity index (χ2n) is 5.55. The molecule has 0 spiro atoms. The molecular weight excluding hydrogens is 266 g/mol. The summed E-state index contributed by atoms with van der Waals surface area (Å²) >= 11 is 0. The first kappa shape index (κ1) is 15.4. The average molecular weight is 289 g/mol. The van der Waals surface area contributed by atoms with Gasteiger partial charge in [0.05, 0.1) is 0 Å². The molecule has 1 atom stereocenters. The van der Waals surface area contributed by atoms with Gasteiger partial charge in [-0.25, -0.2) is 0 Å². The molecule has 1 aromatic rings. The Morgan fingerprint density at radius 1 is 1.38 bits per heavy atom. The Morgan fingerprint density at radius 2 is 2.00 bits per heavy atom. The first-order chi connectivity index (χ1) is 10.2. The molecule has 1 amide bonds. The lowest BCUT2D eigenvalue weighted by Gasteiger charge is -2.33. The molecule has 0 radical (unpaired) electrons. The number of likely N-dealkylation sites (tertiary alicyclic amines) is 1. The third kappa shape index (κ3) is 3.54. The Balaban J connectivity index is 2.16. The van der Waals surface area contributed by atoms with Crippen LogP contribution in [0.1, 0.15) is 37.7 Å². The van der Waals surface area contributed by atoms with Gasteiger partial charge in [-0.05, 0) is 24.3 Å². The molecule has 0 saturated carbocycles. The number of oxime groups is 1. The topological polar surface area (TPSA) is 78.9 Å². The fourth-order valence-electron chi connectivity index (χ4n) is 2.89. The van der Waals surface area contributed by atoms with Gasteiger partial charge in [0.1, 0.15) is 5.92 Å². The summed E-state index contributed by atoms with van der Waals surface area (Å²) < 4.78 is 0. The molecule has 1 aliphatic rings. The van der Waals surface area contributed by atoms with E-state index in [1.54, 1.807) is 0 Å². The smallest absolute Gasteiger partial charge is 0.237 e. The van der Waals surface area contributed by atoms with E-state index in [-0.39, 0.29) is 11.7 Å². The molecule has 1 fully saturated rings. The monoisotopic (exact) mass is 289 g/mol. The van der Waals surface area contributed by atoms with E-state index in [0.29, 0.717) is 5.92 Å². The summed E-state index contributed by atoms with van der Waals surface area (Å²) in [5.74, 6) is -0.127. The molecule has 1 heterocycles. The molecule has 1 aromatic carbocycles. The van der Waals surface area contributed by atoms with Crippen LogP contribution in [0.15, 0.2) is 35.5 Å². The quantitative estimate of drug-likeness (QED) is 0.386. The minimum absolute atomic E-state index is 0.0520. The SMILES string of the molecule is CCC1CCN(C(=O)C(C(N)=NO)c2ccccc2)CC1. The standard InChI is InChI=1S/C16H23N3O2/c1-2-12-8-10-19(11-9-12)16(20)14(15(17)18-21)13-6-4-3-5-7-13/h3-7,12,14,21H,2,8-11H2,1H3,(H2,17,18). The zero-order valence-electron chi connectivity index (χ0n) is 12.4. The van der Waals surface area contributed by atoms with E-state index >= 15 is 0 Å². The fraction of sp³-hybridized carbons (Fsp3) is 0.500. The normalized spacial score (nSPS) is 18.5. The molecule has 1 saturated heterocycles. The number of piperidine rings is 1. The van der Waals surface area contributed by atoms with Gasteiger partial charge in [-0.1, -0.05) is 48.8 Å². The highest BCUT2D eigenvalue weighted by atomic mass is 16.4. The van der Waals surface area contributed by atoms with Crippen molar-refractivity contribution in [3.63, 3.8) is 0 Å². The summed E-state index contributed by atoms with van der Waals surface area (Å²) in [6.07, 6.45) is 3.21. The zero-order valence-corrected chi connectivity index (χ0v) is 12.4. The number of rotatable bonds is 4. The van der Waals surface area contributed by atoms with Crippen molar-refractivity contribution in [2.45, 2.75) is 32.1 Å². The van der Waals surface area contributed by atoms with Crippen LogP contribution in [0.3, 0.4) is 0 Å². The Bertz CT molecular complexity index is 494. The highest BCUT2D eigenvalue weighted by molar-refractivity contribution is 6.07. The number of nitrogens with zero attached hydrogens (tertiary/aromatic N) is 2. The van der Waals surface area contributed by atoms with Crippen molar-refractivity contribution in [2.24, 2.45) is 16.8 Å². The maximum atomic E-state index is 12.7. The number of carbonyl (C=O) groups excluding carboxylic acids is 1. The summed E-state index contributed by atoms with van der Waals surface area (Å²) in [5.41, 5.74) is 6.52. The minimum Gasteiger partial charge on any atom is -0.409 e. The minimum atomic E-state index is -0.700. The van der Waals surface area contributed by atoms with Gasteiger partial charge in [-0.3, -0.25) is 4.79 Å². The number of nitrogens with two attached hydrogens (primary N) is 1. The van der Waals surface area contributed by atoms with Gasteiger partial charge < -0.3 is 15.8 Å². The maximum absolute atomic E-state index is 12.7. The van der Waals surface area contributed by atoms with Crippen LogP contribution in [-0.2, 0) is 4.79 Å². The van der Waals surface area contributed by atoms with Gasteiger partial charge in [0.15, 0.2) is 5.84 Å². The molecule has 0 aliphatic carbocycles. The number of amides is 1. The van der Waals surface area contributed by atoms with E-state index in [1.165, 1.54) is 0 Å². The summed E-state index contributed by atoms with van der Waals surface area (Å²) in [6, 6.07) is 9.25. The van der Waals surface area contributed by atoms with Gasteiger partial charge in [-0.15, -0.1) is 0 Å². The van der Waals surface area contributed by atoms with Gasteiger partial charge >= 0.3 is 0 Å². The second-order valence-corrected chi connectivity index (χ2v) is 5.55. The van der Waals surface area contributed by atoms with Crippen LogP contribution in [0.5, 0.6) is 0 Å². The van der Waals surface area contributed by atoms with Crippen molar-refractivity contribution >= 4 is 11.7 Å². The number of hydrogen-bond donors (Lipinski definition) is 2. The lowest BCUT2D eigenvalue weighted by molar-refractivity contribution is -0.132. The van der Waals surface area contributed by atoms with Crippen LogP contribution in [0.2, 0.25) is 0 Å². The van der Waals surface area contributed by atoms with Crippen LogP contribution < -0.4 is 5.73 Å². The molecule has 1 unspecified atom stereocenters. The molecular formula is C16H23N3O2. The molecule has 3 N–H and O–H groups in total. The molecule has 2 rings (SSSR count). The van der Waals surface area contributed by atoms with E-state index in [2.05, 4.69) is 12.1 Å². The molecule has 1 aliphatic heterocycles. The van der Waals surface area contributed by atoms with Crippen molar-refractivity contribution in [1.82, 2.24) is 4.90 Å². The summed E-state index contributed by atoms with van der Waals surface area (Å²) in [7, 11) is 0. The highest BCUT2D eigenvalue weighted by Gasteiger charge is 2.31. The Morgan fingerprint density at radius 3 is 2.52 bits per heavy atom. The van der Waals surface area contributed by atoms with Gasteiger partial charge in [0.25, 0.3) is 0 Å². The van der Waals surface area contributed by atoms with Crippen LogP contribution in [-0.4, -0.2) is 34.9 Å². The van der Waals surface area contributed by atoms with E-state index in [9.17, 15) is 4.79 Å². The maximum Gasteiger partial charge on any atom is 0.237 e. The summed E-state index contributed by atoms with van der Waals surface area (Å²) in [6.45, 7) is 3.68. The van der Waals surface area contributed by atoms with Crippen LogP contribution >= 0.6 is 0 Å². The Hall–Kier alpha value is -2.04. The molecule has 0 aromatic heterocycles. The largest absolute Gasteiger partial charge is 0.409 e. The number of carbonyl (C=O) groups is 1. The number of amidine groups is 1. The molecule has 5 nitrogen and oxygen atoms in total. The number of hydrogen-bond acceptors (Lipinski definition) is 3. The average Bonchev–Trinajstić information content (AvgIpc) is 2.55. The van der Waals surface area contributed by atoms with E-state index in [4.69, 9.17) is 10.9 Å². The molecule has 5 heteroatoms. The summed E-state index contributed by atoms with van der Waals surface area (Å²) in [4.78, 5) is 14.6.